The van der Waals surface area contributed by atoms with Gasteiger partial charge in [-0.25, -0.2) is 0 Å². The highest BCUT2D eigenvalue weighted by molar-refractivity contribution is 8.00. The molecule has 2 aromatic carbocycles. The van der Waals surface area contributed by atoms with E-state index in [-0.39, 0.29) is 18.9 Å². The zero-order chi connectivity index (χ0) is 23.9. The van der Waals surface area contributed by atoms with Crippen LogP contribution >= 0.6 is 11.8 Å². The minimum Gasteiger partial charge on any atom is -0.497 e. The number of nitrogens with zero attached hydrogens (tertiary/aromatic N) is 3. The van der Waals surface area contributed by atoms with Crippen molar-refractivity contribution in [1.82, 2.24) is 14.8 Å². The lowest BCUT2D eigenvalue weighted by Gasteiger charge is -2.17. The van der Waals surface area contributed by atoms with Gasteiger partial charge in [-0.15, -0.1) is 10.2 Å². The normalized spacial score (nSPS) is 11.7. The molecule has 34 heavy (non-hydrogen) atoms. The molecule has 3 N–H and O–H groups in total. The van der Waals surface area contributed by atoms with Crippen LogP contribution in [0.1, 0.15) is 17.2 Å². The Balaban J connectivity index is 1.65. The van der Waals surface area contributed by atoms with Crippen molar-refractivity contribution in [2.45, 2.75) is 23.4 Å². The number of carbonyl (C=O) groups is 2. The predicted octanol–water partition coefficient (Wildman–Crippen LogP) is 3.89. The molecule has 0 fully saturated rings. The molecule has 0 saturated heterocycles. The first-order valence-electron chi connectivity index (χ1n) is 10.5. The Hall–Kier alpha value is -4.05. The molecular weight excluding hydrogens is 454 g/mol. The lowest BCUT2D eigenvalue weighted by Crippen LogP contribution is -2.20. The second-order valence-corrected chi connectivity index (χ2v) is 8.35. The summed E-state index contributed by atoms with van der Waals surface area (Å²) >= 11 is 1.23. The number of rotatable bonds is 10. The summed E-state index contributed by atoms with van der Waals surface area (Å²) < 4.78 is 12.4. The smallest absolute Gasteiger partial charge is 0.242 e. The molecule has 0 aliphatic heterocycles. The quantitative estimate of drug-likeness (QED) is 0.332. The van der Waals surface area contributed by atoms with Gasteiger partial charge in [0.1, 0.15) is 11.0 Å². The van der Waals surface area contributed by atoms with E-state index >= 15 is 0 Å². The lowest BCUT2D eigenvalue weighted by molar-refractivity contribution is -0.118. The molecule has 0 bridgehead atoms. The molecule has 9 nitrogen and oxygen atoms in total. The zero-order valence-corrected chi connectivity index (χ0v) is 19.2. The van der Waals surface area contributed by atoms with Gasteiger partial charge in [0.15, 0.2) is 16.7 Å². The van der Waals surface area contributed by atoms with Crippen LogP contribution in [0.15, 0.2) is 82.6 Å². The van der Waals surface area contributed by atoms with Crippen LogP contribution in [0, 0.1) is 0 Å². The largest absolute Gasteiger partial charge is 0.497 e. The molecule has 174 valence electrons. The SMILES string of the molecule is COc1ccc(NC(=O)C(Sc2nnc(-c3ccco3)n2CCC(N)=O)c2ccccc2)cc1. The second-order valence-electron chi connectivity index (χ2n) is 7.28. The minimum absolute atomic E-state index is 0.0906. The van der Waals surface area contributed by atoms with Crippen molar-refractivity contribution in [3.05, 3.63) is 78.6 Å². The molecule has 1 atom stereocenters. The highest BCUT2D eigenvalue weighted by atomic mass is 32.2. The first kappa shape index (κ1) is 23.1. The summed E-state index contributed by atoms with van der Waals surface area (Å²) in [5.41, 5.74) is 6.81. The Morgan fingerprint density at radius 2 is 1.85 bits per heavy atom. The number of hydrogen-bond acceptors (Lipinski definition) is 7. The highest BCUT2D eigenvalue weighted by Gasteiger charge is 2.27. The molecule has 0 radical (unpaired) electrons. The number of anilines is 1. The number of primary amides is 1. The average molecular weight is 478 g/mol. The molecule has 0 aliphatic carbocycles. The van der Waals surface area contributed by atoms with Crippen LogP contribution in [-0.4, -0.2) is 33.7 Å². The number of benzene rings is 2. The van der Waals surface area contributed by atoms with Gasteiger partial charge < -0.3 is 20.2 Å². The molecule has 2 amide bonds. The second kappa shape index (κ2) is 10.7. The van der Waals surface area contributed by atoms with Gasteiger partial charge in [0.2, 0.25) is 11.8 Å². The van der Waals surface area contributed by atoms with E-state index in [1.807, 2.05) is 30.3 Å². The first-order valence-corrected chi connectivity index (χ1v) is 11.3. The number of aromatic nitrogens is 3. The van der Waals surface area contributed by atoms with Gasteiger partial charge in [-0.3, -0.25) is 14.2 Å². The van der Waals surface area contributed by atoms with Crippen molar-refractivity contribution in [3.8, 4) is 17.3 Å². The van der Waals surface area contributed by atoms with Gasteiger partial charge in [-0.2, -0.15) is 0 Å². The Morgan fingerprint density at radius 3 is 2.50 bits per heavy atom. The molecule has 10 heteroatoms. The van der Waals surface area contributed by atoms with E-state index in [9.17, 15) is 9.59 Å². The van der Waals surface area contributed by atoms with Crippen LogP contribution in [-0.2, 0) is 16.1 Å². The fourth-order valence-electron chi connectivity index (χ4n) is 3.28. The molecule has 0 aliphatic rings. The van der Waals surface area contributed by atoms with E-state index in [4.69, 9.17) is 14.9 Å². The molecule has 2 heterocycles. The molecule has 0 spiro atoms. The summed E-state index contributed by atoms with van der Waals surface area (Å²) in [5.74, 6) is 0.969. The van der Waals surface area contributed by atoms with Crippen molar-refractivity contribution < 1.29 is 18.7 Å². The predicted molar refractivity (Wildman–Crippen MR) is 128 cm³/mol. The topological polar surface area (TPSA) is 125 Å². The van der Waals surface area contributed by atoms with Gasteiger partial charge in [0, 0.05) is 18.7 Å². The van der Waals surface area contributed by atoms with Crippen LogP contribution < -0.4 is 15.8 Å². The maximum Gasteiger partial charge on any atom is 0.242 e. The zero-order valence-electron chi connectivity index (χ0n) is 18.4. The molecular formula is C24H23N5O4S. The Kier molecular flexibility index (Phi) is 7.28. The monoisotopic (exact) mass is 477 g/mol. The highest BCUT2D eigenvalue weighted by Crippen LogP contribution is 2.37. The van der Waals surface area contributed by atoms with E-state index in [1.165, 1.54) is 18.0 Å². The number of amides is 2. The van der Waals surface area contributed by atoms with E-state index in [1.54, 1.807) is 48.1 Å². The number of furan rings is 1. The van der Waals surface area contributed by atoms with Gasteiger partial charge in [0.25, 0.3) is 0 Å². The summed E-state index contributed by atoms with van der Waals surface area (Å²) in [6, 6.07) is 20.0. The van der Waals surface area contributed by atoms with E-state index in [0.29, 0.717) is 28.2 Å². The van der Waals surface area contributed by atoms with Crippen molar-refractivity contribution in [2.75, 3.05) is 12.4 Å². The number of ether oxygens (including phenoxy) is 1. The maximum absolute atomic E-state index is 13.4. The summed E-state index contributed by atoms with van der Waals surface area (Å²) in [4.78, 5) is 24.8. The van der Waals surface area contributed by atoms with Crippen molar-refractivity contribution in [2.24, 2.45) is 5.73 Å². The summed E-state index contributed by atoms with van der Waals surface area (Å²) in [7, 11) is 1.58. The number of carbonyl (C=O) groups excluding carboxylic acids is 2. The number of nitrogens with two attached hydrogens (primary N) is 1. The van der Waals surface area contributed by atoms with Crippen LogP contribution in [0.3, 0.4) is 0 Å². The van der Waals surface area contributed by atoms with E-state index < -0.39 is 11.2 Å². The number of methoxy groups -OCH3 is 1. The van der Waals surface area contributed by atoms with Crippen LogP contribution in [0.5, 0.6) is 5.75 Å². The number of thioether (sulfide) groups is 1. The third kappa shape index (κ3) is 5.46. The Bertz CT molecular complexity index is 1240. The summed E-state index contributed by atoms with van der Waals surface area (Å²) in [6.07, 6.45) is 1.62. The van der Waals surface area contributed by atoms with Crippen LogP contribution in [0.4, 0.5) is 5.69 Å². The molecule has 4 rings (SSSR count). The van der Waals surface area contributed by atoms with E-state index in [0.717, 1.165) is 5.56 Å². The molecule has 1 unspecified atom stereocenters. The standard InChI is InChI=1S/C24H23N5O4S/c1-32-18-11-9-17(10-12-18)26-23(31)21(16-6-3-2-4-7-16)34-24-28-27-22(19-8-5-15-33-19)29(24)14-13-20(25)30/h2-12,15,21H,13-14H2,1H3,(H2,25,30)(H,26,31). The van der Waals surface area contributed by atoms with Crippen molar-refractivity contribution >= 4 is 29.3 Å². The summed E-state index contributed by atoms with van der Waals surface area (Å²) in [6.45, 7) is 0.252. The van der Waals surface area contributed by atoms with Gasteiger partial charge in [-0.05, 0) is 42.0 Å². The first-order chi connectivity index (χ1) is 16.5. The van der Waals surface area contributed by atoms with E-state index in [2.05, 4.69) is 15.5 Å². The third-order valence-electron chi connectivity index (χ3n) is 4.96. The number of nitrogens with one attached hydrogen (secondary N) is 1. The third-order valence-corrected chi connectivity index (χ3v) is 6.20. The average Bonchev–Trinajstić information content (AvgIpc) is 3.52. The Labute approximate surface area is 200 Å². The molecule has 4 aromatic rings. The van der Waals surface area contributed by atoms with Crippen LogP contribution in [0.25, 0.3) is 11.6 Å². The van der Waals surface area contributed by atoms with Crippen LogP contribution in [0.2, 0.25) is 0 Å². The van der Waals surface area contributed by atoms with Gasteiger partial charge in [0.05, 0.1) is 13.4 Å². The maximum atomic E-state index is 13.4. The minimum atomic E-state index is -0.635. The number of hydrogen-bond donors (Lipinski definition) is 2. The van der Waals surface area contributed by atoms with Gasteiger partial charge in [-0.1, -0.05) is 42.1 Å². The fraction of sp³-hybridized carbons (Fsp3) is 0.167. The lowest BCUT2D eigenvalue weighted by atomic mass is 10.1. The molecule has 0 saturated carbocycles. The van der Waals surface area contributed by atoms with Crippen molar-refractivity contribution in [1.29, 1.82) is 0 Å². The summed E-state index contributed by atoms with van der Waals surface area (Å²) in [5, 5.41) is 11.3. The Morgan fingerprint density at radius 1 is 1.09 bits per heavy atom. The molecule has 2 aromatic heterocycles. The van der Waals surface area contributed by atoms with Gasteiger partial charge >= 0.3 is 0 Å². The fourth-order valence-corrected chi connectivity index (χ4v) is 4.34. The van der Waals surface area contributed by atoms with Crippen molar-refractivity contribution in [3.63, 3.8) is 0 Å².